The lowest BCUT2D eigenvalue weighted by Gasteiger charge is -2.28. The Balaban J connectivity index is 1.52. The quantitative estimate of drug-likeness (QED) is 0.291. The van der Waals surface area contributed by atoms with Gasteiger partial charge in [0.15, 0.2) is 0 Å². The van der Waals surface area contributed by atoms with Gasteiger partial charge in [0.25, 0.3) is 0 Å². The highest BCUT2D eigenvalue weighted by molar-refractivity contribution is 6.31. The molecule has 0 aromatic heterocycles. The number of β-amino-alcohol motifs (C(OH)–C–C–N with tert-alkyl or cyclic N) is 1. The Morgan fingerprint density at radius 3 is 2.47 bits per heavy atom. The molecule has 6 nitrogen and oxygen atoms in total. The molecule has 188 valence electrons. The second-order valence-electron chi connectivity index (χ2n) is 9.38. The molecule has 0 radical (unpaired) electrons. The number of aliphatic hydroxyl groups excluding tert-OH is 1. The maximum atomic E-state index is 11.1. The van der Waals surface area contributed by atoms with E-state index in [0.29, 0.717) is 17.9 Å². The zero-order valence-electron chi connectivity index (χ0n) is 20.5. The molecular weight excluding hydrogens is 476 g/mol. The van der Waals surface area contributed by atoms with Crippen LogP contribution in [-0.4, -0.2) is 41.0 Å². The van der Waals surface area contributed by atoms with Crippen LogP contribution in [0, 0.1) is 11.3 Å². The van der Waals surface area contributed by atoms with Gasteiger partial charge in [0.05, 0.1) is 11.1 Å². The summed E-state index contributed by atoms with van der Waals surface area (Å²) >= 11 is 6.24. The van der Waals surface area contributed by atoms with Crippen molar-refractivity contribution < 1.29 is 19.7 Å². The third-order valence-corrected chi connectivity index (χ3v) is 6.39. The Hall–Kier alpha value is -3.37. The van der Waals surface area contributed by atoms with Crippen molar-refractivity contribution in [1.82, 2.24) is 5.32 Å². The van der Waals surface area contributed by atoms with Crippen molar-refractivity contribution in [2.75, 3.05) is 13.2 Å². The summed E-state index contributed by atoms with van der Waals surface area (Å²) in [6, 6.07) is 21.6. The molecule has 3 aromatic carbocycles. The van der Waals surface area contributed by atoms with Gasteiger partial charge in [-0.2, -0.15) is 5.26 Å². The van der Waals surface area contributed by atoms with Gasteiger partial charge in [-0.05, 0) is 80.1 Å². The molecule has 0 saturated heterocycles. The van der Waals surface area contributed by atoms with E-state index in [2.05, 4.69) is 25.2 Å². The second-order valence-corrected chi connectivity index (χ2v) is 9.79. The molecule has 36 heavy (non-hydrogen) atoms. The van der Waals surface area contributed by atoms with E-state index < -0.39 is 12.1 Å². The highest BCUT2D eigenvalue weighted by atomic mass is 35.5. The van der Waals surface area contributed by atoms with Crippen LogP contribution in [0.2, 0.25) is 5.02 Å². The van der Waals surface area contributed by atoms with E-state index >= 15 is 0 Å². The molecule has 0 aliphatic carbocycles. The number of halogens is 1. The van der Waals surface area contributed by atoms with Gasteiger partial charge in [0.1, 0.15) is 24.5 Å². The fourth-order valence-electron chi connectivity index (χ4n) is 3.87. The number of aryl methyl sites for hydroxylation is 1. The predicted molar refractivity (Wildman–Crippen MR) is 142 cm³/mol. The first-order chi connectivity index (χ1) is 17.2. The van der Waals surface area contributed by atoms with Gasteiger partial charge in [0, 0.05) is 17.1 Å². The number of nitriles is 1. The number of nitrogens with one attached hydrogen (secondary N) is 1. The van der Waals surface area contributed by atoms with Crippen LogP contribution in [0.25, 0.3) is 11.1 Å². The Kier molecular flexibility index (Phi) is 9.49. The summed E-state index contributed by atoms with van der Waals surface area (Å²) in [4.78, 5) is 11.1. The Labute approximate surface area is 217 Å². The maximum Gasteiger partial charge on any atom is 0.335 e. The Morgan fingerprint density at radius 2 is 1.81 bits per heavy atom. The maximum absolute atomic E-state index is 11.1. The summed E-state index contributed by atoms with van der Waals surface area (Å²) in [5.74, 6) is -0.618. The van der Waals surface area contributed by atoms with E-state index in [-0.39, 0.29) is 17.7 Å². The molecule has 0 heterocycles. The van der Waals surface area contributed by atoms with Gasteiger partial charge in [-0.1, -0.05) is 48.0 Å². The lowest BCUT2D eigenvalue weighted by molar-refractivity contribution is 0.0697. The van der Waals surface area contributed by atoms with Crippen LogP contribution in [0.4, 0.5) is 0 Å². The molecule has 3 N–H and O–H groups in total. The van der Waals surface area contributed by atoms with Crippen LogP contribution in [0.1, 0.15) is 48.2 Å². The Bertz CT molecular complexity index is 1220. The Morgan fingerprint density at radius 1 is 1.11 bits per heavy atom. The molecule has 3 rings (SSSR count). The first-order valence-corrected chi connectivity index (χ1v) is 12.2. The zero-order chi connectivity index (χ0) is 26.1. The summed E-state index contributed by atoms with van der Waals surface area (Å²) in [6.07, 6.45) is 2.00. The third-order valence-electron chi connectivity index (χ3n) is 6.02. The number of aromatic carboxylic acids is 1. The van der Waals surface area contributed by atoms with Crippen LogP contribution in [0.3, 0.4) is 0 Å². The van der Waals surface area contributed by atoms with Gasteiger partial charge < -0.3 is 20.3 Å². The number of nitrogens with zero attached hydrogens (tertiary/aromatic N) is 1. The molecule has 0 fully saturated rings. The molecule has 7 heteroatoms. The molecular formula is C29H31ClN2O4. The number of carboxylic acids is 1. The summed E-state index contributed by atoms with van der Waals surface area (Å²) in [5.41, 5.74) is 3.11. The van der Waals surface area contributed by atoms with Crippen molar-refractivity contribution in [2.45, 2.75) is 44.8 Å². The second kappa shape index (κ2) is 12.5. The number of carbonyl (C=O) groups is 1. The number of hydrogen-bond acceptors (Lipinski definition) is 5. The molecule has 0 saturated carbocycles. The van der Waals surface area contributed by atoms with Crippen LogP contribution in [0.15, 0.2) is 66.7 Å². The molecule has 0 unspecified atom stereocenters. The predicted octanol–water partition coefficient (Wildman–Crippen LogP) is 5.71. The fourth-order valence-corrected chi connectivity index (χ4v) is 4.10. The fraction of sp³-hybridized carbons (Fsp3) is 0.310. The number of benzene rings is 3. The minimum Gasteiger partial charge on any atom is -0.489 e. The summed E-state index contributed by atoms with van der Waals surface area (Å²) < 4.78 is 5.81. The SMILES string of the molecule is CC(C)(CCCc1ccccc1Cl)NC[C@H](O)COc1cc(-c2ccc(C(=O)O)cc2)ccc1C#N. The van der Waals surface area contributed by atoms with Gasteiger partial charge in [0.2, 0.25) is 0 Å². The molecule has 3 aromatic rings. The number of carboxylic acid groups (broad SMARTS) is 1. The summed E-state index contributed by atoms with van der Waals surface area (Å²) in [5, 5.41) is 33.2. The number of ether oxygens (including phenoxy) is 1. The topological polar surface area (TPSA) is 103 Å². The van der Waals surface area contributed by atoms with Gasteiger partial charge in [-0.15, -0.1) is 0 Å². The van der Waals surface area contributed by atoms with E-state index in [9.17, 15) is 15.2 Å². The van der Waals surface area contributed by atoms with Crippen molar-refractivity contribution in [1.29, 1.82) is 5.26 Å². The lowest BCUT2D eigenvalue weighted by Crippen LogP contribution is -2.44. The lowest BCUT2D eigenvalue weighted by atomic mass is 9.95. The van der Waals surface area contributed by atoms with Crippen molar-refractivity contribution in [2.24, 2.45) is 0 Å². The number of rotatable bonds is 12. The van der Waals surface area contributed by atoms with Gasteiger partial charge in [-0.25, -0.2) is 4.79 Å². The van der Waals surface area contributed by atoms with Crippen LogP contribution in [0.5, 0.6) is 5.75 Å². The molecule has 1 atom stereocenters. The average molecular weight is 507 g/mol. The van der Waals surface area contributed by atoms with Crippen molar-refractivity contribution in [3.05, 3.63) is 88.4 Å². The highest BCUT2D eigenvalue weighted by Gasteiger charge is 2.19. The van der Waals surface area contributed by atoms with Gasteiger partial charge in [-0.3, -0.25) is 0 Å². The van der Waals surface area contributed by atoms with E-state index in [4.69, 9.17) is 21.4 Å². The first-order valence-electron chi connectivity index (χ1n) is 11.9. The normalized spacial score (nSPS) is 12.1. The van der Waals surface area contributed by atoms with Crippen molar-refractivity contribution in [3.8, 4) is 22.9 Å². The highest BCUT2D eigenvalue weighted by Crippen LogP contribution is 2.28. The van der Waals surface area contributed by atoms with Crippen molar-refractivity contribution in [3.63, 3.8) is 0 Å². The molecule has 0 aliphatic rings. The molecule has 0 aliphatic heterocycles. The zero-order valence-corrected chi connectivity index (χ0v) is 21.3. The summed E-state index contributed by atoms with van der Waals surface area (Å²) in [7, 11) is 0. The average Bonchev–Trinajstić information content (AvgIpc) is 2.87. The van der Waals surface area contributed by atoms with Crippen LogP contribution < -0.4 is 10.1 Å². The van der Waals surface area contributed by atoms with E-state index in [1.54, 1.807) is 30.3 Å². The monoisotopic (exact) mass is 506 g/mol. The van der Waals surface area contributed by atoms with E-state index in [1.807, 2.05) is 24.3 Å². The minimum atomic E-state index is -0.989. The standard InChI is InChI=1S/C29H31ClN2O4/c1-29(2,15-5-7-21-6-3-4-8-26(21)30)32-18-25(33)19-36-27-16-23(13-14-24(27)17-31)20-9-11-22(12-10-20)28(34)35/h3-4,6,8-14,16,25,32-33H,5,7,15,18-19H2,1-2H3,(H,34,35)/t25-/m0/s1. The van der Waals surface area contributed by atoms with Crippen LogP contribution >= 0.6 is 11.6 Å². The van der Waals surface area contributed by atoms with Crippen molar-refractivity contribution >= 4 is 17.6 Å². The molecule has 0 spiro atoms. The summed E-state index contributed by atoms with van der Waals surface area (Å²) in [6.45, 7) is 4.57. The van der Waals surface area contributed by atoms with E-state index in [1.165, 1.54) is 12.1 Å². The molecule has 0 amide bonds. The van der Waals surface area contributed by atoms with Gasteiger partial charge >= 0.3 is 5.97 Å². The third kappa shape index (κ3) is 7.82. The van der Waals surface area contributed by atoms with Crippen LogP contribution in [-0.2, 0) is 6.42 Å². The van der Waals surface area contributed by atoms with E-state index in [0.717, 1.165) is 41.0 Å². The first kappa shape index (κ1) is 27.2. The smallest absolute Gasteiger partial charge is 0.335 e. The number of aliphatic hydroxyl groups is 1. The molecule has 0 bridgehead atoms. The number of hydrogen-bond donors (Lipinski definition) is 3. The largest absolute Gasteiger partial charge is 0.489 e. The minimum absolute atomic E-state index is 0.0266.